The summed E-state index contributed by atoms with van der Waals surface area (Å²) in [5.74, 6) is -0.565. The number of fused-ring (bicyclic) bond motifs is 2. The summed E-state index contributed by atoms with van der Waals surface area (Å²) in [6.45, 7) is 1.99. The number of thiazole rings is 1. The fourth-order valence-electron chi connectivity index (χ4n) is 4.85. The predicted octanol–water partition coefficient (Wildman–Crippen LogP) is 6.64. The second kappa shape index (κ2) is 10.3. The van der Waals surface area contributed by atoms with E-state index in [0.29, 0.717) is 27.8 Å². The molecule has 6 aromatic rings. The first-order valence-corrected chi connectivity index (χ1v) is 15.6. The lowest BCUT2D eigenvalue weighted by Gasteiger charge is -2.21. The van der Waals surface area contributed by atoms with Crippen LogP contribution in [0.25, 0.3) is 54.3 Å². The van der Waals surface area contributed by atoms with Crippen LogP contribution in [0.15, 0.2) is 77.3 Å². The van der Waals surface area contributed by atoms with Gasteiger partial charge < -0.3 is 9.73 Å². The molecule has 1 N–H and O–H groups in total. The van der Waals surface area contributed by atoms with Crippen molar-refractivity contribution < 1.29 is 22.0 Å². The first kappa shape index (κ1) is 27.6. The average molecular weight is 601 g/mol. The van der Waals surface area contributed by atoms with E-state index in [1.54, 1.807) is 18.3 Å². The van der Waals surface area contributed by atoms with E-state index in [9.17, 15) is 17.6 Å². The Morgan fingerprint density at radius 2 is 1.76 bits per heavy atom. The zero-order valence-electron chi connectivity index (χ0n) is 23.1. The maximum atomic E-state index is 13.7. The summed E-state index contributed by atoms with van der Waals surface area (Å²) in [6.07, 6.45) is 2.88. The molecule has 11 heteroatoms. The quantitative estimate of drug-likeness (QED) is 0.230. The zero-order valence-corrected chi connectivity index (χ0v) is 24.7. The van der Waals surface area contributed by atoms with Gasteiger partial charge in [-0.15, -0.1) is 0 Å². The number of nitrogens with zero attached hydrogens (tertiary/aromatic N) is 3. The highest BCUT2D eigenvalue weighted by Crippen LogP contribution is 2.42. The second-order valence-electron chi connectivity index (χ2n) is 9.87. The standard InChI is InChI=1S/C31H25FN4O4S2/c1-17-12-13-34-31-27(17)35-30(41-31)20-7-5-6-19(14-20)22-15-23-25(16-24(22)36(3)42(4,38)39)40-28(26(23)29(37)33-2)18-8-10-21(32)11-9-18/h5-16H,1-4H3,(H,33,37). The largest absolute Gasteiger partial charge is 0.455 e. The Bertz CT molecular complexity index is 2120. The predicted molar refractivity (Wildman–Crippen MR) is 165 cm³/mol. The maximum absolute atomic E-state index is 13.7. The minimum absolute atomic E-state index is 0.251. The number of carbonyl (C=O) groups is 1. The Morgan fingerprint density at radius 3 is 2.45 bits per heavy atom. The fourth-order valence-corrected chi connectivity index (χ4v) is 6.34. The number of rotatable bonds is 6. The number of aryl methyl sites for hydroxylation is 1. The molecular weight excluding hydrogens is 575 g/mol. The lowest BCUT2D eigenvalue weighted by Crippen LogP contribution is -2.25. The summed E-state index contributed by atoms with van der Waals surface area (Å²) < 4.78 is 46.5. The molecule has 0 aliphatic carbocycles. The average Bonchev–Trinajstić information content (AvgIpc) is 3.58. The topological polar surface area (TPSA) is 105 Å². The molecule has 0 aliphatic heterocycles. The summed E-state index contributed by atoms with van der Waals surface area (Å²) in [7, 11) is -0.687. The molecule has 8 nitrogen and oxygen atoms in total. The lowest BCUT2D eigenvalue weighted by atomic mass is 9.97. The van der Waals surface area contributed by atoms with Crippen molar-refractivity contribution in [3.63, 3.8) is 0 Å². The number of hydrogen-bond donors (Lipinski definition) is 1. The Morgan fingerprint density at radius 1 is 1.02 bits per heavy atom. The summed E-state index contributed by atoms with van der Waals surface area (Å²) in [6, 6.07) is 18.6. The van der Waals surface area contributed by atoms with Gasteiger partial charge in [0, 0.05) is 48.4 Å². The zero-order chi connectivity index (χ0) is 29.8. The van der Waals surface area contributed by atoms with E-state index in [4.69, 9.17) is 9.40 Å². The van der Waals surface area contributed by atoms with Crippen LogP contribution in [0.1, 0.15) is 15.9 Å². The molecule has 0 spiro atoms. The van der Waals surface area contributed by atoms with Crippen molar-refractivity contribution in [2.75, 3.05) is 24.7 Å². The Kier molecular flexibility index (Phi) is 6.78. The number of furan rings is 1. The lowest BCUT2D eigenvalue weighted by molar-refractivity contribution is 0.0964. The van der Waals surface area contributed by atoms with Gasteiger partial charge in [0.2, 0.25) is 10.0 Å². The molecule has 0 radical (unpaired) electrons. The van der Waals surface area contributed by atoms with Crippen molar-refractivity contribution in [3.8, 4) is 33.0 Å². The number of halogens is 1. The van der Waals surface area contributed by atoms with Crippen molar-refractivity contribution in [1.82, 2.24) is 15.3 Å². The second-order valence-corrected chi connectivity index (χ2v) is 12.9. The summed E-state index contributed by atoms with van der Waals surface area (Å²) in [5, 5.41) is 3.92. The van der Waals surface area contributed by atoms with Gasteiger partial charge in [-0.1, -0.05) is 29.5 Å². The van der Waals surface area contributed by atoms with Crippen LogP contribution in [0.2, 0.25) is 0 Å². The van der Waals surface area contributed by atoms with Gasteiger partial charge in [-0.3, -0.25) is 9.10 Å². The van der Waals surface area contributed by atoms with Crippen LogP contribution in [0.3, 0.4) is 0 Å². The van der Waals surface area contributed by atoms with Gasteiger partial charge in [0.15, 0.2) is 0 Å². The van der Waals surface area contributed by atoms with Crippen LogP contribution in [0, 0.1) is 12.7 Å². The number of amides is 1. The van der Waals surface area contributed by atoms with E-state index in [-0.39, 0.29) is 11.3 Å². The molecule has 0 saturated heterocycles. The highest BCUT2D eigenvalue weighted by molar-refractivity contribution is 7.92. The van der Waals surface area contributed by atoms with E-state index >= 15 is 0 Å². The van der Waals surface area contributed by atoms with E-state index < -0.39 is 21.7 Å². The van der Waals surface area contributed by atoms with Crippen LogP contribution < -0.4 is 9.62 Å². The van der Waals surface area contributed by atoms with E-state index in [0.717, 1.165) is 38.3 Å². The molecule has 0 bridgehead atoms. The van der Waals surface area contributed by atoms with Gasteiger partial charge in [0.1, 0.15) is 32.5 Å². The molecule has 212 valence electrons. The van der Waals surface area contributed by atoms with Gasteiger partial charge in [-0.2, -0.15) is 0 Å². The van der Waals surface area contributed by atoms with Gasteiger partial charge in [-0.05, 0) is 60.5 Å². The van der Waals surface area contributed by atoms with Gasteiger partial charge >= 0.3 is 0 Å². The van der Waals surface area contributed by atoms with Crippen LogP contribution in [0.4, 0.5) is 10.1 Å². The SMILES string of the molecule is CNC(=O)c1c(-c2ccc(F)cc2)oc2cc(N(C)S(C)(=O)=O)c(-c3cccc(-c4nc5c(C)ccnc5s4)c3)cc12. The number of aromatic nitrogens is 2. The van der Waals surface area contributed by atoms with E-state index in [1.165, 1.54) is 54.0 Å². The Hall–Kier alpha value is -4.61. The molecule has 42 heavy (non-hydrogen) atoms. The molecule has 3 aromatic heterocycles. The number of nitrogens with one attached hydrogen (secondary N) is 1. The minimum atomic E-state index is -3.67. The molecule has 0 unspecified atom stereocenters. The van der Waals surface area contributed by atoms with E-state index in [1.807, 2.05) is 37.3 Å². The van der Waals surface area contributed by atoms with Crippen LogP contribution in [0.5, 0.6) is 0 Å². The first-order valence-electron chi connectivity index (χ1n) is 12.9. The number of sulfonamides is 1. The third-order valence-electron chi connectivity index (χ3n) is 7.12. The minimum Gasteiger partial charge on any atom is -0.455 e. The van der Waals surface area contributed by atoms with Crippen molar-refractivity contribution in [2.24, 2.45) is 0 Å². The first-order chi connectivity index (χ1) is 20.0. The van der Waals surface area contributed by atoms with Crippen molar-refractivity contribution >= 4 is 54.3 Å². The number of pyridine rings is 1. The monoisotopic (exact) mass is 600 g/mol. The van der Waals surface area contributed by atoms with Crippen molar-refractivity contribution in [3.05, 3.63) is 89.9 Å². The molecule has 3 heterocycles. The molecule has 1 amide bonds. The number of anilines is 1. The normalized spacial score (nSPS) is 11.7. The van der Waals surface area contributed by atoms with Gasteiger partial charge in [0.25, 0.3) is 5.91 Å². The summed E-state index contributed by atoms with van der Waals surface area (Å²) >= 11 is 1.47. The molecule has 0 atom stereocenters. The molecule has 0 saturated carbocycles. The Labute approximate surface area is 245 Å². The van der Waals surface area contributed by atoms with Gasteiger partial charge in [0.05, 0.1) is 17.5 Å². The Balaban J connectivity index is 1.60. The molecule has 3 aromatic carbocycles. The van der Waals surface area contributed by atoms with Gasteiger partial charge in [-0.25, -0.2) is 22.8 Å². The molecular formula is C31H25FN4O4S2. The van der Waals surface area contributed by atoms with Crippen LogP contribution in [-0.4, -0.2) is 44.6 Å². The highest BCUT2D eigenvalue weighted by Gasteiger charge is 2.26. The molecule has 6 rings (SSSR count). The third-order valence-corrected chi connectivity index (χ3v) is 9.33. The van der Waals surface area contributed by atoms with E-state index in [2.05, 4.69) is 10.3 Å². The molecule has 0 aliphatic rings. The number of hydrogen-bond acceptors (Lipinski definition) is 7. The summed E-state index contributed by atoms with van der Waals surface area (Å²) in [5.41, 5.74) is 5.45. The number of carbonyl (C=O) groups excluding carboxylic acids is 1. The van der Waals surface area contributed by atoms with Crippen molar-refractivity contribution in [2.45, 2.75) is 6.92 Å². The highest BCUT2D eigenvalue weighted by atomic mass is 32.2. The van der Waals surface area contributed by atoms with Crippen LogP contribution >= 0.6 is 11.3 Å². The third kappa shape index (κ3) is 4.80. The van der Waals surface area contributed by atoms with Crippen LogP contribution in [-0.2, 0) is 10.0 Å². The number of benzene rings is 3. The maximum Gasteiger partial charge on any atom is 0.255 e. The van der Waals surface area contributed by atoms with Crippen molar-refractivity contribution in [1.29, 1.82) is 0 Å². The molecule has 0 fully saturated rings. The fraction of sp³-hybridized carbons (Fsp3) is 0.129. The smallest absolute Gasteiger partial charge is 0.255 e. The summed E-state index contributed by atoms with van der Waals surface area (Å²) in [4.78, 5) is 23.3.